The molecular weight excluding hydrogens is 202 g/mol. The van der Waals surface area contributed by atoms with E-state index in [1.54, 1.807) is 0 Å². The number of aliphatic hydroxyl groups is 1. The van der Waals surface area contributed by atoms with Crippen LogP contribution in [0.5, 0.6) is 0 Å². The molecule has 0 aromatic rings. The fraction of sp³-hybridized carbons (Fsp3) is 1.00. The molecule has 0 amide bonds. The Morgan fingerprint density at radius 3 is 2.50 bits per heavy atom. The van der Waals surface area contributed by atoms with Gasteiger partial charge in [0.05, 0.1) is 12.7 Å². The van der Waals surface area contributed by atoms with Gasteiger partial charge in [0.25, 0.3) is 0 Å². The first kappa shape index (κ1) is 12.3. The summed E-state index contributed by atoms with van der Waals surface area (Å²) in [5, 5.41) is 13.5. The molecule has 1 saturated heterocycles. The largest absolute Gasteiger partial charge is 0.391 e. The van der Waals surface area contributed by atoms with Gasteiger partial charge in [-0.1, -0.05) is 25.7 Å². The molecule has 3 nitrogen and oxygen atoms in total. The quantitative estimate of drug-likeness (QED) is 0.718. The van der Waals surface area contributed by atoms with E-state index in [0.29, 0.717) is 12.0 Å². The molecule has 1 aliphatic heterocycles. The molecule has 2 N–H and O–H groups in total. The van der Waals surface area contributed by atoms with Crippen molar-refractivity contribution in [1.82, 2.24) is 5.32 Å². The Morgan fingerprint density at radius 1 is 1.12 bits per heavy atom. The molecule has 16 heavy (non-hydrogen) atoms. The van der Waals surface area contributed by atoms with Crippen LogP contribution in [0.3, 0.4) is 0 Å². The van der Waals surface area contributed by atoms with E-state index in [1.807, 2.05) is 0 Å². The van der Waals surface area contributed by atoms with Crippen LogP contribution in [0.2, 0.25) is 0 Å². The van der Waals surface area contributed by atoms with Crippen LogP contribution in [0.1, 0.15) is 44.9 Å². The van der Waals surface area contributed by atoms with Gasteiger partial charge in [0.1, 0.15) is 0 Å². The highest BCUT2D eigenvalue weighted by Crippen LogP contribution is 2.19. The van der Waals surface area contributed by atoms with Gasteiger partial charge < -0.3 is 15.2 Å². The van der Waals surface area contributed by atoms with Crippen LogP contribution in [-0.2, 0) is 4.74 Å². The predicted octanol–water partition coefficient (Wildman–Crippen LogP) is 1.70. The Balaban J connectivity index is 1.64. The number of hydrogen-bond acceptors (Lipinski definition) is 3. The minimum Gasteiger partial charge on any atom is -0.391 e. The molecule has 2 fully saturated rings. The van der Waals surface area contributed by atoms with Gasteiger partial charge in [0.2, 0.25) is 0 Å². The van der Waals surface area contributed by atoms with Crippen molar-refractivity contribution >= 4 is 0 Å². The molecule has 2 aliphatic rings. The lowest BCUT2D eigenvalue weighted by Gasteiger charge is -2.21. The Labute approximate surface area is 98.6 Å². The first-order valence-corrected chi connectivity index (χ1v) is 6.85. The molecule has 2 unspecified atom stereocenters. The first-order chi connectivity index (χ1) is 7.86. The molecule has 94 valence electrons. The standard InChI is InChI=1S/C13H25NO2/c15-13(11-7-8-16-10-11)9-14-12-5-3-1-2-4-6-12/h11-15H,1-10H2. The average molecular weight is 227 g/mol. The molecule has 0 spiro atoms. The SMILES string of the molecule is OC(CNC1CCCCCC1)C1CCOC1. The van der Waals surface area contributed by atoms with E-state index >= 15 is 0 Å². The zero-order chi connectivity index (χ0) is 11.2. The van der Waals surface area contributed by atoms with Crippen molar-refractivity contribution in [2.24, 2.45) is 5.92 Å². The maximum atomic E-state index is 10.0. The molecule has 0 bridgehead atoms. The lowest BCUT2D eigenvalue weighted by Crippen LogP contribution is -2.38. The molecule has 1 heterocycles. The van der Waals surface area contributed by atoms with Crippen molar-refractivity contribution in [3.63, 3.8) is 0 Å². The summed E-state index contributed by atoms with van der Waals surface area (Å²) >= 11 is 0. The number of aliphatic hydroxyl groups excluding tert-OH is 1. The van der Waals surface area contributed by atoms with Gasteiger partial charge in [-0.15, -0.1) is 0 Å². The molecule has 1 saturated carbocycles. The molecular formula is C13H25NO2. The Kier molecular flexibility index (Phi) is 5.07. The van der Waals surface area contributed by atoms with Crippen molar-refractivity contribution in [2.75, 3.05) is 19.8 Å². The lowest BCUT2D eigenvalue weighted by molar-refractivity contribution is 0.0878. The van der Waals surface area contributed by atoms with Crippen LogP contribution in [0.4, 0.5) is 0 Å². The lowest BCUT2D eigenvalue weighted by atomic mass is 10.0. The van der Waals surface area contributed by atoms with E-state index in [9.17, 15) is 5.11 Å². The number of ether oxygens (including phenoxy) is 1. The summed E-state index contributed by atoms with van der Waals surface area (Å²) in [6.07, 6.45) is 8.84. The van der Waals surface area contributed by atoms with E-state index in [-0.39, 0.29) is 6.10 Å². The molecule has 1 aliphatic carbocycles. The normalized spacial score (nSPS) is 30.2. The third-order valence-electron chi connectivity index (χ3n) is 3.98. The molecule has 2 atom stereocenters. The second-order valence-electron chi connectivity index (χ2n) is 5.29. The summed E-state index contributed by atoms with van der Waals surface area (Å²) in [5.74, 6) is 0.360. The topological polar surface area (TPSA) is 41.5 Å². The molecule has 2 rings (SSSR count). The Bertz CT molecular complexity index is 182. The van der Waals surface area contributed by atoms with Crippen LogP contribution in [0.15, 0.2) is 0 Å². The number of hydrogen-bond donors (Lipinski definition) is 2. The van der Waals surface area contributed by atoms with Gasteiger partial charge in [0.15, 0.2) is 0 Å². The van der Waals surface area contributed by atoms with Crippen LogP contribution in [0, 0.1) is 5.92 Å². The van der Waals surface area contributed by atoms with Crippen molar-refractivity contribution in [1.29, 1.82) is 0 Å². The fourth-order valence-electron chi connectivity index (χ4n) is 2.79. The van der Waals surface area contributed by atoms with Gasteiger partial charge in [-0.25, -0.2) is 0 Å². The minimum absolute atomic E-state index is 0.217. The van der Waals surface area contributed by atoms with Gasteiger partial charge in [-0.2, -0.15) is 0 Å². The van der Waals surface area contributed by atoms with Crippen molar-refractivity contribution in [3.8, 4) is 0 Å². The highest BCUT2D eigenvalue weighted by molar-refractivity contribution is 4.77. The van der Waals surface area contributed by atoms with Crippen molar-refractivity contribution < 1.29 is 9.84 Å². The zero-order valence-corrected chi connectivity index (χ0v) is 10.2. The summed E-state index contributed by atoms with van der Waals surface area (Å²) in [6, 6.07) is 0.638. The fourth-order valence-corrected chi connectivity index (χ4v) is 2.79. The van der Waals surface area contributed by atoms with Crippen LogP contribution < -0.4 is 5.32 Å². The summed E-state index contributed by atoms with van der Waals surface area (Å²) in [5.41, 5.74) is 0. The Morgan fingerprint density at radius 2 is 1.88 bits per heavy atom. The van der Waals surface area contributed by atoms with E-state index in [0.717, 1.165) is 26.2 Å². The second-order valence-corrected chi connectivity index (χ2v) is 5.29. The third kappa shape index (κ3) is 3.72. The van der Waals surface area contributed by atoms with E-state index in [4.69, 9.17) is 4.74 Å². The van der Waals surface area contributed by atoms with Crippen molar-refractivity contribution in [3.05, 3.63) is 0 Å². The average Bonchev–Trinajstić information content (AvgIpc) is 2.71. The molecule has 3 heteroatoms. The monoisotopic (exact) mass is 227 g/mol. The molecule has 0 aromatic heterocycles. The van der Waals surface area contributed by atoms with E-state index in [1.165, 1.54) is 38.5 Å². The summed E-state index contributed by atoms with van der Waals surface area (Å²) in [7, 11) is 0. The second kappa shape index (κ2) is 6.58. The highest BCUT2D eigenvalue weighted by Gasteiger charge is 2.24. The van der Waals surface area contributed by atoms with Gasteiger partial charge in [-0.05, 0) is 19.3 Å². The number of rotatable bonds is 4. The van der Waals surface area contributed by atoms with Crippen LogP contribution in [-0.4, -0.2) is 37.0 Å². The third-order valence-corrected chi connectivity index (χ3v) is 3.98. The maximum Gasteiger partial charge on any atom is 0.0715 e. The predicted molar refractivity (Wildman–Crippen MR) is 64.4 cm³/mol. The van der Waals surface area contributed by atoms with Crippen molar-refractivity contribution in [2.45, 2.75) is 57.1 Å². The first-order valence-electron chi connectivity index (χ1n) is 6.85. The zero-order valence-electron chi connectivity index (χ0n) is 10.2. The van der Waals surface area contributed by atoms with Crippen LogP contribution in [0.25, 0.3) is 0 Å². The summed E-state index contributed by atoms with van der Waals surface area (Å²) in [4.78, 5) is 0. The van der Waals surface area contributed by atoms with Gasteiger partial charge >= 0.3 is 0 Å². The smallest absolute Gasteiger partial charge is 0.0715 e. The summed E-state index contributed by atoms with van der Waals surface area (Å²) < 4.78 is 5.30. The van der Waals surface area contributed by atoms with Crippen LogP contribution >= 0.6 is 0 Å². The molecule has 0 aromatic carbocycles. The minimum atomic E-state index is -0.217. The maximum absolute atomic E-state index is 10.0. The Hall–Kier alpha value is -0.120. The number of nitrogens with one attached hydrogen (secondary N) is 1. The van der Waals surface area contributed by atoms with Gasteiger partial charge in [-0.3, -0.25) is 0 Å². The van der Waals surface area contributed by atoms with E-state index < -0.39 is 0 Å². The molecule has 0 radical (unpaired) electrons. The summed E-state index contributed by atoms with van der Waals surface area (Å²) in [6.45, 7) is 2.32. The van der Waals surface area contributed by atoms with Gasteiger partial charge in [0, 0.05) is 25.1 Å². The van der Waals surface area contributed by atoms with E-state index in [2.05, 4.69) is 5.32 Å². The highest BCUT2D eigenvalue weighted by atomic mass is 16.5.